The molecule has 0 aromatic rings. The molecule has 1 fully saturated rings. The molecule has 15 heavy (non-hydrogen) atoms. The van der Waals surface area contributed by atoms with Crippen molar-refractivity contribution in [2.75, 3.05) is 13.1 Å². The summed E-state index contributed by atoms with van der Waals surface area (Å²) in [4.78, 5) is 18.8. The summed E-state index contributed by atoms with van der Waals surface area (Å²) < 4.78 is 0. The van der Waals surface area contributed by atoms with E-state index in [2.05, 4.69) is 5.48 Å². The SMILES string of the molecule is CC(C)(C)ONC(=O)N1CCCCCC1. The van der Waals surface area contributed by atoms with E-state index < -0.39 is 0 Å². The maximum atomic E-state index is 11.7. The molecule has 0 unspecified atom stereocenters. The summed E-state index contributed by atoms with van der Waals surface area (Å²) in [6.45, 7) is 7.43. The fourth-order valence-corrected chi connectivity index (χ4v) is 1.54. The van der Waals surface area contributed by atoms with Crippen LogP contribution in [0.2, 0.25) is 0 Å². The lowest BCUT2D eigenvalue weighted by Gasteiger charge is -2.24. The Balaban J connectivity index is 2.32. The van der Waals surface area contributed by atoms with Gasteiger partial charge >= 0.3 is 6.03 Å². The van der Waals surface area contributed by atoms with Crippen molar-refractivity contribution < 1.29 is 9.63 Å². The number of hydrogen-bond acceptors (Lipinski definition) is 2. The molecule has 2 amide bonds. The van der Waals surface area contributed by atoms with Crippen molar-refractivity contribution >= 4 is 6.03 Å². The first kappa shape index (κ1) is 12.3. The van der Waals surface area contributed by atoms with Gasteiger partial charge in [0.05, 0.1) is 5.60 Å². The number of hydroxylamine groups is 1. The summed E-state index contributed by atoms with van der Waals surface area (Å²) in [5, 5.41) is 0. The van der Waals surface area contributed by atoms with Crippen LogP contribution in [0.25, 0.3) is 0 Å². The van der Waals surface area contributed by atoms with Crippen LogP contribution in [-0.4, -0.2) is 29.6 Å². The van der Waals surface area contributed by atoms with Crippen LogP contribution in [-0.2, 0) is 4.84 Å². The third-order valence-corrected chi connectivity index (χ3v) is 2.34. The molecule has 0 spiro atoms. The Labute approximate surface area is 91.9 Å². The summed E-state index contributed by atoms with van der Waals surface area (Å²) in [5.74, 6) is 0. The highest BCUT2D eigenvalue weighted by Crippen LogP contribution is 2.10. The number of likely N-dealkylation sites (tertiary alicyclic amines) is 1. The molecule has 1 rings (SSSR count). The van der Waals surface area contributed by atoms with Crippen LogP contribution in [0.5, 0.6) is 0 Å². The van der Waals surface area contributed by atoms with Gasteiger partial charge in [0.15, 0.2) is 0 Å². The van der Waals surface area contributed by atoms with Crippen molar-refractivity contribution in [1.29, 1.82) is 0 Å². The van der Waals surface area contributed by atoms with E-state index in [1.165, 1.54) is 12.8 Å². The third kappa shape index (κ3) is 5.02. The second-order valence-electron chi connectivity index (χ2n) is 5.02. The van der Waals surface area contributed by atoms with Gasteiger partial charge in [-0.2, -0.15) is 0 Å². The zero-order valence-electron chi connectivity index (χ0n) is 10.0. The summed E-state index contributed by atoms with van der Waals surface area (Å²) in [6.07, 6.45) is 4.65. The van der Waals surface area contributed by atoms with E-state index in [1.807, 2.05) is 25.7 Å². The zero-order chi connectivity index (χ0) is 11.3. The monoisotopic (exact) mass is 214 g/mol. The molecular formula is C11H22N2O2. The lowest BCUT2D eigenvalue weighted by molar-refractivity contribution is -0.0582. The van der Waals surface area contributed by atoms with Crippen LogP contribution in [0.1, 0.15) is 46.5 Å². The van der Waals surface area contributed by atoms with E-state index in [0.717, 1.165) is 25.9 Å². The fraction of sp³-hybridized carbons (Fsp3) is 0.909. The van der Waals surface area contributed by atoms with Gasteiger partial charge < -0.3 is 4.90 Å². The van der Waals surface area contributed by atoms with Crippen LogP contribution in [0.15, 0.2) is 0 Å². The topological polar surface area (TPSA) is 41.6 Å². The zero-order valence-corrected chi connectivity index (χ0v) is 10.0. The summed E-state index contributed by atoms with van der Waals surface area (Å²) in [5.41, 5.74) is 2.18. The number of nitrogens with one attached hydrogen (secondary N) is 1. The van der Waals surface area contributed by atoms with Gasteiger partial charge in [-0.05, 0) is 33.6 Å². The Morgan fingerprint density at radius 2 is 1.67 bits per heavy atom. The molecule has 0 saturated carbocycles. The Hall–Kier alpha value is -0.770. The highest BCUT2D eigenvalue weighted by atomic mass is 16.7. The molecule has 0 aromatic heterocycles. The van der Waals surface area contributed by atoms with Crippen LogP contribution >= 0.6 is 0 Å². The maximum Gasteiger partial charge on any atom is 0.341 e. The first-order valence-corrected chi connectivity index (χ1v) is 5.72. The van der Waals surface area contributed by atoms with E-state index in [1.54, 1.807) is 0 Å². The number of urea groups is 1. The fourth-order valence-electron chi connectivity index (χ4n) is 1.54. The summed E-state index contributed by atoms with van der Waals surface area (Å²) in [7, 11) is 0. The minimum Gasteiger partial charge on any atom is -0.323 e. The largest absolute Gasteiger partial charge is 0.341 e. The molecule has 0 atom stereocenters. The molecule has 0 radical (unpaired) electrons. The number of carbonyl (C=O) groups excluding carboxylic acids is 1. The molecule has 1 aliphatic rings. The van der Waals surface area contributed by atoms with Gasteiger partial charge in [-0.1, -0.05) is 12.8 Å². The molecule has 1 heterocycles. The van der Waals surface area contributed by atoms with Crippen LogP contribution < -0.4 is 5.48 Å². The summed E-state index contributed by atoms with van der Waals surface area (Å²) in [6, 6.07) is -0.105. The standard InChI is InChI=1S/C11H22N2O2/c1-11(2,3)15-12-10(14)13-8-6-4-5-7-9-13/h4-9H2,1-3H3,(H,12,14). The first-order valence-electron chi connectivity index (χ1n) is 5.72. The van der Waals surface area contributed by atoms with Gasteiger partial charge in [-0.3, -0.25) is 4.84 Å². The molecule has 0 aromatic carbocycles. The second-order valence-corrected chi connectivity index (χ2v) is 5.02. The molecule has 4 heteroatoms. The second kappa shape index (κ2) is 5.35. The van der Waals surface area contributed by atoms with Crippen LogP contribution in [0, 0.1) is 0 Å². The number of nitrogens with zero attached hydrogens (tertiary/aromatic N) is 1. The van der Waals surface area contributed by atoms with E-state index in [4.69, 9.17) is 4.84 Å². The van der Waals surface area contributed by atoms with Crippen molar-refractivity contribution in [2.24, 2.45) is 0 Å². The predicted octanol–water partition coefficient (Wildman–Crippen LogP) is 2.30. The number of amides is 2. The summed E-state index contributed by atoms with van der Waals surface area (Å²) >= 11 is 0. The molecule has 1 aliphatic heterocycles. The average Bonchev–Trinajstić information content (AvgIpc) is 2.41. The lowest BCUT2D eigenvalue weighted by Crippen LogP contribution is -2.43. The molecule has 1 saturated heterocycles. The first-order chi connectivity index (χ1) is 6.99. The molecule has 88 valence electrons. The minimum atomic E-state index is -0.332. The number of carbonyl (C=O) groups is 1. The lowest BCUT2D eigenvalue weighted by atomic mass is 10.2. The Morgan fingerprint density at radius 3 is 2.13 bits per heavy atom. The van der Waals surface area contributed by atoms with Gasteiger partial charge in [0, 0.05) is 13.1 Å². The van der Waals surface area contributed by atoms with E-state index in [-0.39, 0.29) is 11.6 Å². The van der Waals surface area contributed by atoms with Crippen molar-refractivity contribution in [3.8, 4) is 0 Å². The third-order valence-electron chi connectivity index (χ3n) is 2.34. The van der Waals surface area contributed by atoms with Gasteiger partial charge in [-0.15, -0.1) is 0 Å². The van der Waals surface area contributed by atoms with Crippen LogP contribution in [0.3, 0.4) is 0 Å². The minimum absolute atomic E-state index is 0.105. The van der Waals surface area contributed by atoms with Gasteiger partial charge in [0.1, 0.15) is 0 Å². The van der Waals surface area contributed by atoms with E-state index in [9.17, 15) is 4.79 Å². The average molecular weight is 214 g/mol. The van der Waals surface area contributed by atoms with Gasteiger partial charge in [0.25, 0.3) is 0 Å². The molecule has 1 N–H and O–H groups in total. The Morgan fingerprint density at radius 1 is 1.13 bits per heavy atom. The molecule has 0 bridgehead atoms. The van der Waals surface area contributed by atoms with E-state index in [0.29, 0.717) is 0 Å². The Bertz CT molecular complexity index is 203. The van der Waals surface area contributed by atoms with Crippen molar-refractivity contribution in [2.45, 2.75) is 52.1 Å². The molecule has 0 aliphatic carbocycles. The quantitative estimate of drug-likeness (QED) is 0.680. The smallest absolute Gasteiger partial charge is 0.323 e. The van der Waals surface area contributed by atoms with E-state index >= 15 is 0 Å². The normalized spacial score (nSPS) is 18.5. The molecule has 4 nitrogen and oxygen atoms in total. The number of hydrogen-bond donors (Lipinski definition) is 1. The highest BCUT2D eigenvalue weighted by Gasteiger charge is 2.18. The van der Waals surface area contributed by atoms with Crippen molar-refractivity contribution in [3.63, 3.8) is 0 Å². The van der Waals surface area contributed by atoms with Gasteiger partial charge in [0.2, 0.25) is 0 Å². The Kier molecular flexibility index (Phi) is 4.39. The number of rotatable bonds is 1. The van der Waals surface area contributed by atoms with Crippen molar-refractivity contribution in [3.05, 3.63) is 0 Å². The van der Waals surface area contributed by atoms with Crippen molar-refractivity contribution in [1.82, 2.24) is 10.4 Å². The maximum absolute atomic E-state index is 11.7. The molecular weight excluding hydrogens is 192 g/mol. The van der Waals surface area contributed by atoms with Gasteiger partial charge in [-0.25, -0.2) is 10.3 Å². The highest BCUT2D eigenvalue weighted by molar-refractivity contribution is 5.73. The predicted molar refractivity (Wildman–Crippen MR) is 59.4 cm³/mol. The van der Waals surface area contributed by atoms with Crippen LogP contribution in [0.4, 0.5) is 4.79 Å².